The molecule has 6 heteroatoms. The second kappa shape index (κ2) is 13.5. The molecule has 0 bridgehead atoms. The van der Waals surface area contributed by atoms with Crippen LogP contribution in [0, 0.1) is 23.5 Å². The van der Waals surface area contributed by atoms with Gasteiger partial charge in [-0.15, -0.1) is 0 Å². The van der Waals surface area contributed by atoms with Crippen molar-refractivity contribution >= 4 is 0 Å². The fourth-order valence-electron chi connectivity index (χ4n) is 6.47. The third-order valence-corrected chi connectivity index (χ3v) is 8.66. The first-order valence-electron chi connectivity index (χ1n) is 15.1. The van der Waals surface area contributed by atoms with Crippen LogP contribution in [0.15, 0.2) is 109 Å². The summed E-state index contributed by atoms with van der Waals surface area (Å²) in [6, 6.07) is 33.5. The number of hydrogen-bond acceptors (Lipinski definition) is 4. The summed E-state index contributed by atoms with van der Waals surface area (Å²) in [7, 11) is 0. The molecule has 4 aromatic rings. The minimum atomic E-state index is -0.284. The fourth-order valence-corrected chi connectivity index (χ4v) is 6.47. The van der Waals surface area contributed by atoms with E-state index in [1.165, 1.54) is 24.3 Å². The highest BCUT2D eigenvalue weighted by Gasteiger charge is 2.35. The minimum absolute atomic E-state index is 0.118. The monoisotopic (exact) mass is 568 g/mol. The molecule has 6 rings (SSSR count). The smallest absolute Gasteiger partial charge is 0.127 e. The van der Waals surface area contributed by atoms with Crippen LogP contribution in [0.1, 0.15) is 49.0 Å². The van der Waals surface area contributed by atoms with Crippen molar-refractivity contribution in [1.82, 2.24) is 10.0 Å². The average molecular weight is 569 g/mol. The maximum Gasteiger partial charge on any atom is 0.127 e. The molecule has 2 aliphatic rings. The Labute approximate surface area is 247 Å². The largest absolute Gasteiger partial charge is 0.485 e. The Bertz CT molecular complexity index is 1300. The highest BCUT2D eigenvalue weighted by molar-refractivity contribution is 5.27. The molecule has 0 aromatic heterocycles. The van der Waals surface area contributed by atoms with Gasteiger partial charge in [0, 0.05) is 50.1 Å². The molecule has 0 aliphatic carbocycles. The molecule has 0 N–H and O–H groups in total. The number of piperidine rings is 2. The summed E-state index contributed by atoms with van der Waals surface area (Å²) < 4.78 is 40.7. The lowest BCUT2D eigenvalue weighted by atomic mass is 9.86. The topological polar surface area (TPSA) is 24.9 Å². The van der Waals surface area contributed by atoms with Gasteiger partial charge >= 0.3 is 0 Å². The van der Waals surface area contributed by atoms with Crippen molar-refractivity contribution in [3.05, 3.63) is 132 Å². The molecular formula is C36H38F2N2O2. The molecule has 2 aliphatic heterocycles. The van der Waals surface area contributed by atoms with Crippen molar-refractivity contribution in [2.75, 3.05) is 26.2 Å². The van der Waals surface area contributed by atoms with Crippen molar-refractivity contribution in [2.45, 2.75) is 37.9 Å². The normalized spacial score (nSPS) is 18.8. The summed E-state index contributed by atoms with van der Waals surface area (Å²) in [4.78, 5) is 0. The van der Waals surface area contributed by atoms with E-state index in [1.54, 1.807) is 12.1 Å². The third-order valence-electron chi connectivity index (χ3n) is 8.66. The molecule has 2 atom stereocenters. The summed E-state index contributed by atoms with van der Waals surface area (Å²) in [5.74, 6) is 1.25. The van der Waals surface area contributed by atoms with Gasteiger partial charge in [0.15, 0.2) is 0 Å². The van der Waals surface area contributed by atoms with E-state index in [4.69, 9.17) is 9.47 Å². The van der Waals surface area contributed by atoms with Crippen molar-refractivity contribution < 1.29 is 18.3 Å². The second-order valence-corrected chi connectivity index (χ2v) is 11.4. The predicted molar refractivity (Wildman–Crippen MR) is 161 cm³/mol. The van der Waals surface area contributed by atoms with E-state index in [2.05, 4.69) is 34.3 Å². The fraction of sp³-hybridized carbons (Fsp3) is 0.333. The number of hydrogen-bond donors (Lipinski definition) is 0. The standard InChI is InChI=1S/C36H38F2N2O2/c37-31-13-7-15-33(25-31)41-35(27-9-3-1-4-10-27)29-17-21-39(22-18-29)40-23-19-30(20-24-40)36(28-11-5-2-6-12-28)42-34-16-8-14-32(38)26-34/h1-16,25-26,29-30,35-36H,17-24H2. The van der Waals surface area contributed by atoms with E-state index < -0.39 is 0 Å². The Morgan fingerprint density at radius 3 is 1.24 bits per heavy atom. The highest BCUT2D eigenvalue weighted by atomic mass is 19.1. The summed E-state index contributed by atoms with van der Waals surface area (Å²) in [6.45, 7) is 3.86. The summed E-state index contributed by atoms with van der Waals surface area (Å²) in [6.07, 6.45) is 3.78. The predicted octanol–water partition coefficient (Wildman–Crippen LogP) is 8.24. The molecule has 42 heavy (non-hydrogen) atoms. The number of ether oxygens (including phenoxy) is 2. The first-order valence-corrected chi connectivity index (χ1v) is 15.1. The lowest BCUT2D eigenvalue weighted by Crippen LogP contribution is -2.51. The van der Waals surface area contributed by atoms with Crippen molar-refractivity contribution in [3.63, 3.8) is 0 Å². The zero-order valence-electron chi connectivity index (χ0n) is 23.8. The average Bonchev–Trinajstić information content (AvgIpc) is 3.04. The molecule has 4 nitrogen and oxygen atoms in total. The van der Waals surface area contributed by atoms with E-state index in [0.717, 1.165) is 63.0 Å². The van der Waals surface area contributed by atoms with E-state index in [-0.39, 0.29) is 23.8 Å². The van der Waals surface area contributed by atoms with Gasteiger partial charge in [-0.05, 0) is 61.1 Å². The molecule has 0 amide bonds. The molecule has 2 heterocycles. The Hall–Kier alpha value is -3.74. The molecule has 2 unspecified atom stereocenters. The lowest BCUT2D eigenvalue weighted by molar-refractivity contribution is -0.0866. The molecule has 0 radical (unpaired) electrons. The second-order valence-electron chi connectivity index (χ2n) is 11.4. The van der Waals surface area contributed by atoms with Crippen LogP contribution in [0.4, 0.5) is 8.78 Å². The van der Waals surface area contributed by atoms with Gasteiger partial charge in [-0.2, -0.15) is 0 Å². The zero-order valence-corrected chi connectivity index (χ0v) is 23.8. The molecule has 0 spiro atoms. The zero-order chi connectivity index (χ0) is 28.7. The van der Waals surface area contributed by atoms with Crippen LogP contribution in [-0.4, -0.2) is 36.2 Å². The molecule has 2 saturated heterocycles. The van der Waals surface area contributed by atoms with Gasteiger partial charge in [0.05, 0.1) is 0 Å². The number of benzene rings is 4. The Morgan fingerprint density at radius 1 is 0.500 bits per heavy atom. The van der Waals surface area contributed by atoms with Crippen LogP contribution >= 0.6 is 0 Å². The summed E-state index contributed by atoms with van der Waals surface area (Å²) in [5, 5.41) is 5.00. The Kier molecular flexibility index (Phi) is 9.12. The quantitative estimate of drug-likeness (QED) is 0.203. The van der Waals surface area contributed by atoms with Crippen LogP contribution in [0.3, 0.4) is 0 Å². The number of halogens is 2. The number of hydrazine groups is 1. The van der Waals surface area contributed by atoms with E-state index in [0.29, 0.717) is 23.3 Å². The van der Waals surface area contributed by atoms with E-state index >= 15 is 0 Å². The van der Waals surface area contributed by atoms with Crippen LogP contribution < -0.4 is 9.47 Å². The van der Waals surface area contributed by atoms with Crippen LogP contribution in [0.5, 0.6) is 11.5 Å². The minimum Gasteiger partial charge on any atom is -0.485 e. The van der Waals surface area contributed by atoms with Gasteiger partial charge in [-0.25, -0.2) is 18.8 Å². The third kappa shape index (κ3) is 7.00. The van der Waals surface area contributed by atoms with Crippen LogP contribution in [-0.2, 0) is 0 Å². The van der Waals surface area contributed by atoms with Crippen molar-refractivity contribution in [3.8, 4) is 11.5 Å². The van der Waals surface area contributed by atoms with Crippen LogP contribution in [0.2, 0.25) is 0 Å². The molecule has 0 saturated carbocycles. The Balaban J connectivity index is 1.08. The first-order chi connectivity index (χ1) is 20.6. The molecule has 2 fully saturated rings. The summed E-state index contributed by atoms with van der Waals surface area (Å²) in [5.41, 5.74) is 2.26. The molecular weight excluding hydrogens is 530 g/mol. The SMILES string of the molecule is Fc1cccc(OC(c2ccccc2)C2CCN(N3CCC(C(Oc4cccc(F)c4)c4ccccc4)CC3)CC2)c1. The van der Waals surface area contributed by atoms with Gasteiger partial charge < -0.3 is 9.47 Å². The Morgan fingerprint density at radius 2 is 0.881 bits per heavy atom. The van der Waals surface area contributed by atoms with Gasteiger partial charge in [0.1, 0.15) is 35.3 Å². The number of rotatable bonds is 9. The van der Waals surface area contributed by atoms with Crippen LogP contribution in [0.25, 0.3) is 0 Å². The van der Waals surface area contributed by atoms with Gasteiger partial charge in [0.2, 0.25) is 0 Å². The van der Waals surface area contributed by atoms with E-state index in [9.17, 15) is 8.78 Å². The first kappa shape index (κ1) is 28.4. The molecule has 4 aromatic carbocycles. The van der Waals surface area contributed by atoms with Gasteiger partial charge in [0.25, 0.3) is 0 Å². The van der Waals surface area contributed by atoms with Crippen molar-refractivity contribution in [1.29, 1.82) is 0 Å². The lowest BCUT2D eigenvalue weighted by Gasteiger charge is -2.45. The maximum atomic E-state index is 13.9. The van der Waals surface area contributed by atoms with E-state index in [1.807, 2.05) is 48.5 Å². The summed E-state index contributed by atoms with van der Waals surface area (Å²) >= 11 is 0. The molecule has 218 valence electrons. The highest BCUT2D eigenvalue weighted by Crippen LogP contribution is 2.38. The maximum absolute atomic E-state index is 13.9. The van der Waals surface area contributed by atoms with Gasteiger partial charge in [-0.1, -0.05) is 72.8 Å². The number of nitrogens with zero attached hydrogens (tertiary/aromatic N) is 2. The van der Waals surface area contributed by atoms with Gasteiger partial charge in [-0.3, -0.25) is 0 Å². The van der Waals surface area contributed by atoms with Crippen molar-refractivity contribution in [2.24, 2.45) is 11.8 Å².